The van der Waals surface area contributed by atoms with Crippen molar-refractivity contribution in [2.24, 2.45) is 5.10 Å². The van der Waals surface area contributed by atoms with Gasteiger partial charge in [-0.05, 0) is 23.3 Å². The molecule has 0 aliphatic heterocycles. The van der Waals surface area contributed by atoms with Crippen LogP contribution in [0, 0.1) is 0 Å². The number of carbonyl (C=O) groups is 1. The fourth-order valence-corrected chi connectivity index (χ4v) is 1.79. The van der Waals surface area contributed by atoms with E-state index in [0.717, 1.165) is 11.1 Å². The van der Waals surface area contributed by atoms with Gasteiger partial charge in [0.05, 0.1) is 12.6 Å². The summed E-state index contributed by atoms with van der Waals surface area (Å²) in [6, 6.07) is 16.8. The van der Waals surface area contributed by atoms with Gasteiger partial charge in [0.2, 0.25) is 5.91 Å². The second kappa shape index (κ2) is 6.71. The van der Waals surface area contributed by atoms with Gasteiger partial charge in [0.25, 0.3) is 0 Å². The maximum atomic E-state index is 11.6. The molecule has 0 spiro atoms. The van der Waals surface area contributed by atoms with E-state index < -0.39 is 0 Å². The van der Waals surface area contributed by atoms with E-state index in [0.29, 0.717) is 11.4 Å². The van der Waals surface area contributed by atoms with Crippen LogP contribution in [0.2, 0.25) is 5.02 Å². The maximum Gasteiger partial charge on any atom is 0.244 e. The van der Waals surface area contributed by atoms with Gasteiger partial charge >= 0.3 is 0 Å². The molecule has 0 heterocycles. The highest BCUT2D eigenvalue weighted by Crippen LogP contribution is 2.08. The Morgan fingerprint density at radius 2 is 1.95 bits per heavy atom. The van der Waals surface area contributed by atoms with Gasteiger partial charge in [-0.2, -0.15) is 5.10 Å². The van der Waals surface area contributed by atoms with Gasteiger partial charge in [-0.15, -0.1) is 0 Å². The lowest BCUT2D eigenvalue weighted by atomic mass is 10.1. The van der Waals surface area contributed by atoms with E-state index in [1.165, 1.54) is 0 Å². The molecular formula is C15H13ClN2O. The van der Waals surface area contributed by atoms with Crippen LogP contribution >= 0.6 is 11.6 Å². The number of amides is 1. The quantitative estimate of drug-likeness (QED) is 0.675. The summed E-state index contributed by atoms with van der Waals surface area (Å²) in [7, 11) is 0. The van der Waals surface area contributed by atoms with Crippen LogP contribution in [-0.2, 0) is 11.2 Å². The molecule has 1 N–H and O–H groups in total. The van der Waals surface area contributed by atoms with Crippen LogP contribution in [-0.4, -0.2) is 12.1 Å². The third-order valence-electron chi connectivity index (χ3n) is 2.46. The number of carbonyl (C=O) groups excluding carboxylic acids is 1. The van der Waals surface area contributed by atoms with Crippen molar-refractivity contribution in [3.05, 3.63) is 70.7 Å². The van der Waals surface area contributed by atoms with Crippen LogP contribution in [0.15, 0.2) is 59.7 Å². The van der Waals surface area contributed by atoms with Crippen LogP contribution in [0.25, 0.3) is 0 Å². The number of halogens is 1. The first-order chi connectivity index (χ1) is 9.24. The van der Waals surface area contributed by atoms with Gasteiger partial charge in [0.1, 0.15) is 0 Å². The Morgan fingerprint density at radius 1 is 1.16 bits per heavy atom. The Balaban J connectivity index is 1.87. The molecule has 0 aliphatic carbocycles. The van der Waals surface area contributed by atoms with E-state index in [1.807, 2.05) is 42.5 Å². The number of benzene rings is 2. The SMILES string of the molecule is O=C(Cc1ccccc1)NN=Cc1cccc(Cl)c1. The highest BCUT2D eigenvalue weighted by Gasteiger charge is 2.00. The standard InChI is InChI=1S/C15H13ClN2O/c16-14-8-4-7-13(9-14)11-17-18-15(19)10-12-5-2-1-3-6-12/h1-9,11H,10H2,(H,18,19). The van der Waals surface area contributed by atoms with Crippen LogP contribution in [0.5, 0.6) is 0 Å². The molecule has 0 radical (unpaired) electrons. The summed E-state index contributed by atoms with van der Waals surface area (Å²) in [4.78, 5) is 11.6. The van der Waals surface area contributed by atoms with Gasteiger partial charge in [0, 0.05) is 5.02 Å². The van der Waals surface area contributed by atoms with Crippen molar-refractivity contribution in [1.29, 1.82) is 0 Å². The van der Waals surface area contributed by atoms with E-state index in [1.54, 1.807) is 18.3 Å². The Kier molecular flexibility index (Phi) is 4.70. The summed E-state index contributed by atoms with van der Waals surface area (Å²) in [6.07, 6.45) is 1.88. The third kappa shape index (κ3) is 4.56. The first-order valence-corrected chi connectivity index (χ1v) is 6.23. The number of hydrazone groups is 1. The van der Waals surface area contributed by atoms with Crippen molar-refractivity contribution in [2.75, 3.05) is 0 Å². The monoisotopic (exact) mass is 272 g/mol. The van der Waals surface area contributed by atoms with Gasteiger partial charge < -0.3 is 0 Å². The Morgan fingerprint density at radius 3 is 2.68 bits per heavy atom. The molecule has 2 aromatic rings. The predicted octanol–water partition coefficient (Wildman–Crippen LogP) is 3.03. The number of nitrogens with one attached hydrogen (secondary N) is 1. The average Bonchev–Trinajstić information content (AvgIpc) is 2.40. The second-order valence-electron chi connectivity index (χ2n) is 4.01. The molecule has 3 nitrogen and oxygen atoms in total. The summed E-state index contributed by atoms with van der Waals surface area (Å²) in [5.74, 6) is -0.149. The zero-order valence-corrected chi connectivity index (χ0v) is 11.0. The second-order valence-corrected chi connectivity index (χ2v) is 4.45. The van der Waals surface area contributed by atoms with Crippen molar-refractivity contribution in [2.45, 2.75) is 6.42 Å². The minimum Gasteiger partial charge on any atom is -0.273 e. The van der Waals surface area contributed by atoms with Crippen LogP contribution in [0.3, 0.4) is 0 Å². The molecule has 0 aliphatic rings. The largest absolute Gasteiger partial charge is 0.273 e. The van der Waals surface area contributed by atoms with E-state index in [2.05, 4.69) is 10.5 Å². The summed E-state index contributed by atoms with van der Waals surface area (Å²) in [6.45, 7) is 0. The first kappa shape index (κ1) is 13.3. The molecule has 0 bridgehead atoms. The molecule has 96 valence electrons. The van der Waals surface area contributed by atoms with Crippen LogP contribution < -0.4 is 5.43 Å². The number of hydrogen-bond acceptors (Lipinski definition) is 2. The predicted molar refractivity (Wildman–Crippen MR) is 77.3 cm³/mol. The van der Waals surface area contributed by atoms with Gasteiger partial charge in [0.15, 0.2) is 0 Å². The van der Waals surface area contributed by atoms with Crippen LogP contribution in [0.1, 0.15) is 11.1 Å². The van der Waals surface area contributed by atoms with Crippen molar-refractivity contribution in [3.8, 4) is 0 Å². The van der Waals surface area contributed by atoms with Crippen molar-refractivity contribution >= 4 is 23.7 Å². The highest BCUT2D eigenvalue weighted by molar-refractivity contribution is 6.30. The summed E-state index contributed by atoms with van der Waals surface area (Å²) < 4.78 is 0. The van der Waals surface area contributed by atoms with Crippen molar-refractivity contribution < 1.29 is 4.79 Å². The Labute approximate surface area is 116 Å². The molecule has 0 fully saturated rings. The van der Waals surface area contributed by atoms with E-state index in [9.17, 15) is 4.79 Å². The molecule has 0 saturated carbocycles. The minimum atomic E-state index is -0.149. The number of rotatable bonds is 4. The fraction of sp³-hybridized carbons (Fsp3) is 0.0667. The lowest BCUT2D eigenvalue weighted by Gasteiger charge is -2.00. The van der Waals surface area contributed by atoms with Crippen molar-refractivity contribution in [1.82, 2.24) is 5.43 Å². The summed E-state index contributed by atoms with van der Waals surface area (Å²) in [5.41, 5.74) is 4.28. The fourth-order valence-electron chi connectivity index (χ4n) is 1.59. The zero-order valence-electron chi connectivity index (χ0n) is 10.2. The lowest BCUT2D eigenvalue weighted by Crippen LogP contribution is -2.19. The molecule has 19 heavy (non-hydrogen) atoms. The third-order valence-corrected chi connectivity index (χ3v) is 2.69. The Bertz CT molecular complexity index is 582. The van der Waals surface area contributed by atoms with Gasteiger partial charge in [-0.3, -0.25) is 4.79 Å². The molecule has 1 amide bonds. The van der Waals surface area contributed by atoms with E-state index in [-0.39, 0.29) is 5.91 Å². The molecule has 0 unspecified atom stereocenters. The molecule has 2 aromatic carbocycles. The number of nitrogens with zero attached hydrogens (tertiary/aromatic N) is 1. The summed E-state index contributed by atoms with van der Waals surface area (Å²) in [5, 5.41) is 4.53. The smallest absolute Gasteiger partial charge is 0.244 e. The van der Waals surface area contributed by atoms with E-state index >= 15 is 0 Å². The highest BCUT2D eigenvalue weighted by atomic mass is 35.5. The average molecular weight is 273 g/mol. The molecule has 0 aromatic heterocycles. The number of hydrogen-bond donors (Lipinski definition) is 1. The van der Waals surface area contributed by atoms with Gasteiger partial charge in [-0.25, -0.2) is 5.43 Å². The van der Waals surface area contributed by atoms with Gasteiger partial charge in [-0.1, -0.05) is 54.1 Å². The maximum absolute atomic E-state index is 11.6. The molecule has 0 atom stereocenters. The Hall–Kier alpha value is -2.13. The normalized spacial score (nSPS) is 10.6. The van der Waals surface area contributed by atoms with Crippen LogP contribution in [0.4, 0.5) is 0 Å². The molecular weight excluding hydrogens is 260 g/mol. The minimum absolute atomic E-state index is 0.149. The summed E-state index contributed by atoms with van der Waals surface area (Å²) >= 11 is 5.84. The molecule has 0 saturated heterocycles. The van der Waals surface area contributed by atoms with E-state index in [4.69, 9.17) is 11.6 Å². The lowest BCUT2D eigenvalue weighted by molar-refractivity contribution is -0.120. The molecule has 2 rings (SSSR count). The molecule has 4 heteroatoms. The van der Waals surface area contributed by atoms with Crippen molar-refractivity contribution in [3.63, 3.8) is 0 Å². The zero-order chi connectivity index (χ0) is 13.5. The first-order valence-electron chi connectivity index (χ1n) is 5.85. The topological polar surface area (TPSA) is 41.5 Å².